The Morgan fingerprint density at radius 3 is 2.33 bits per heavy atom. The molecular weight excluding hydrogens is 598 g/mol. The molecule has 1 aliphatic rings. The maximum atomic E-state index is 11.3. The van der Waals surface area contributed by atoms with Gasteiger partial charge in [-0.1, -0.05) is 24.3 Å². The van der Waals surface area contributed by atoms with Crippen molar-refractivity contribution in [2.45, 2.75) is 25.0 Å². The van der Waals surface area contributed by atoms with Crippen molar-refractivity contribution in [1.29, 1.82) is 0 Å². The Morgan fingerprint density at radius 1 is 1.05 bits per heavy atom. The third kappa shape index (κ3) is 8.26. The summed E-state index contributed by atoms with van der Waals surface area (Å²) >= 11 is 0. The Morgan fingerprint density at radius 2 is 1.72 bits per heavy atom. The van der Waals surface area contributed by atoms with Gasteiger partial charge in [0, 0.05) is 54.3 Å². The number of hydrogen-bond donors (Lipinski definition) is 2. The Labute approximate surface area is 249 Å². The molecule has 0 radical (unpaired) electrons. The number of nitro benzene ring substituents is 1. The molecule has 1 heterocycles. The van der Waals surface area contributed by atoms with Crippen molar-refractivity contribution in [2.24, 2.45) is 4.99 Å². The highest BCUT2D eigenvalue weighted by atomic mass is 32.2. The van der Waals surface area contributed by atoms with E-state index in [9.17, 15) is 26.9 Å². The first-order valence-electron chi connectivity index (χ1n) is 13.3. The quantitative estimate of drug-likeness (QED) is 0.156. The van der Waals surface area contributed by atoms with E-state index in [2.05, 4.69) is 4.99 Å². The summed E-state index contributed by atoms with van der Waals surface area (Å²) in [6.07, 6.45) is 9.13. The van der Waals surface area contributed by atoms with Crippen LogP contribution in [-0.4, -0.2) is 67.7 Å². The average Bonchev–Trinajstić information content (AvgIpc) is 3.36. The van der Waals surface area contributed by atoms with Crippen LogP contribution in [0.5, 0.6) is 0 Å². The van der Waals surface area contributed by atoms with Crippen LogP contribution in [0.2, 0.25) is 0 Å². The lowest BCUT2D eigenvalue weighted by Gasteiger charge is -2.20. The molecule has 3 aromatic rings. The van der Waals surface area contributed by atoms with Crippen LogP contribution in [0.4, 0.5) is 11.4 Å². The molecule has 1 aromatic heterocycles. The summed E-state index contributed by atoms with van der Waals surface area (Å²) in [7, 11) is -6.35. The summed E-state index contributed by atoms with van der Waals surface area (Å²) in [6, 6.07) is 12.0. The summed E-state index contributed by atoms with van der Waals surface area (Å²) in [5, 5.41) is 11.6. The summed E-state index contributed by atoms with van der Waals surface area (Å²) in [5.41, 5.74) is 3.66. The number of furan rings is 1. The fourth-order valence-corrected chi connectivity index (χ4v) is 5.43. The van der Waals surface area contributed by atoms with Crippen molar-refractivity contribution in [1.82, 2.24) is 0 Å². The summed E-state index contributed by atoms with van der Waals surface area (Å²) in [4.78, 5) is 17.1. The molecule has 2 aromatic carbocycles. The van der Waals surface area contributed by atoms with Crippen molar-refractivity contribution < 1.29 is 35.3 Å². The summed E-state index contributed by atoms with van der Waals surface area (Å²) in [6.45, 7) is 2.03. The minimum atomic E-state index is -4.12. The van der Waals surface area contributed by atoms with E-state index in [1.54, 1.807) is 18.2 Å². The molecule has 1 atom stereocenters. The number of benzene rings is 2. The van der Waals surface area contributed by atoms with E-state index in [0.29, 0.717) is 28.8 Å². The van der Waals surface area contributed by atoms with Crippen molar-refractivity contribution >= 4 is 53.7 Å². The lowest BCUT2D eigenvalue weighted by molar-refractivity contribution is -0.384. The zero-order valence-electron chi connectivity index (χ0n) is 23.5. The highest BCUT2D eigenvalue weighted by Gasteiger charge is 2.20. The normalized spacial score (nSPS) is 14.2. The minimum Gasteiger partial charge on any atom is -0.463 e. The Kier molecular flexibility index (Phi) is 9.65. The van der Waals surface area contributed by atoms with Crippen LogP contribution in [0.25, 0.3) is 16.3 Å². The molecule has 228 valence electrons. The fraction of sp³-hybridized carbons (Fsp3) is 0.276. The molecule has 0 aliphatic heterocycles. The van der Waals surface area contributed by atoms with Crippen molar-refractivity contribution in [2.75, 3.05) is 30.8 Å². The molecule has 0 fully saturated rings. The van der Waals surface area contributed by atoms with Gasteiger partial charge in [-0.3, -0.25) is 24.2 Å². The van der Waals surface area contributed by atoms with Gasteiger partial charge in [0.2, 0.25) is 0 Å². The second-order valence-electron chi connectivity index (χ2n) is 10.1. The SMILES string of the molecule is CC(CCN=C1C=CC(=C(c2ccc(N(C)CCCS(=O)(=O)O)cc2)c2occ3cc([N+](=O)[O-])ccc23)C=C1)S(=O)(=O)O. The predicted octanol–water partition coefficient (Wildman–Crippen LogP) is 5.09. The van der Waals surface area contributed by atoms with E-state index < -0.39 is 30.4 Å². The maximum Gasteiger partial charge on any atom is 0.270 e. The van der Waals surface area contributed by atoms with Crippen LogP contribution in [0.1, 0.15) is 31.1 Å². The van der Waals surface area contributed by atoms with Gasteiger partial charge < -0.3 is 9.32 Å². The van der Waals surface area contributed by atoms with Crippen molar-refractivity contribution in [3.05, 3.63) is 100 Å². The maximum absolute atomic E-state index is 11.3. The number of nitrogens with zero attached hydrogens (tertiary/aromatic N) is 3. The van der Waals surface area contributed by atoms with Crippen LogP contribution in [0.3, 0.4) is 0 Å². The molecule has 12 nitrogen and oxygen atoms in total. The second kappa shape index (κ2) is 13.0. The van der Waals surface area contributed by atoms with Crippen LogP contribution >= 0.6 is 0 Å². The van der Waals surface area contributed by atoms with E-state index in [-0.39, 0.29) is 30.8 Å². The Bertz CT molecular complexity index is 1840. The third-order valence-corrected chi connectivity index (χ3v) is 9.07. The van der Waals surface area contributed by atoms with Crippen molar-refractivity contribution in [3.63, 3.8) is 0 Å². The number of non-ortho nitro benzene ring substituents is 1. The Balaban J connectivity index is 1.68. The lowest BCUT2D eigenvalue weighted by atomic mass is 9.92. The zero-order valence-corrected chi connectivity index (χ0v) is 25.1. The van der Waals surface area contributed by atoms with Gasteiger partial charge >= 0.3 is 0 Å². The van der Waals surface area contributed by atoms with E-state index in [1.165, 1.54) is 25.3 Å². The van der Waals surface area contributed by atoms with E-state index in [4.69, 9.17) is 13.5 Å². The molecule has 14 heteroatoms. The number of rotatable bonds is 12. The summed E-state index contributed by atoms with van der Waals surface area (Å²) < 4.78 is 68.8. The first-order chi connectivity index (χ1) is 20.2. The van der Waals surface area contributed by atoms with E-state index in [0.717, 1.165) is 22.4 Å². The van der Waals surface area contributed by atoms with Crippen molar-refractivity contribution in [3.8, 4) is 0 Å². The Hall–Kier alpha value is -4.11. The van der Waals surface area contributed by atoms with Crippen LogP contribution in [-0.2, 0) is 20.2 Å². The number of aliphatic imine (C=N–C) groups is 1. The topological polar surface area (TPSA) is 181 Å². The van der Waals surface area contributed by atoms with Crippen LogP contribution in [0, 0.1) is 10.1 Å². The number of anilines is 1. The van der Waals surface area contributed by atoms with Gasteiger partial charge in [-0.05, 0) is 61.3 Å². The second-order valence-corrected chi connectivity index (χ2v) is 13.5. The highest BCUT2D eigenvalue weighted by molar-refractivity contribution is 7.86. The molecule has 0 saturated carbocycles. The minimum absolute atomic E-state index is 0.0583. The number of nitro groups is 1. The molecule has 0 amide bonds. The molecule has 1 aliphatic carbocycles. The van der Waals surface area contributed by atoms with Gasteiger partial charge in [-0.25, -0.2) is 0 Å². The standard InChI is InChI=1S/C29H31N3O9S2/c1-20(43(38,39)40)14-15-30-24-8-4-21(5-9-24)28(29-27-13-12-26(32(33)34)18-23(27)19-41-29)22-6-10-25(11-7-22)31(2)16-3-17-42(35,36)37/h4-13,18-20H,3,14-17H2,1-2H3,(H,35,36,37)(H,38,39,40). The molecule has 0 saturated heterocycles. The highest BCUT2D eigenvalue weighted by Crippen LogP contribution is 2.37. The number of hydrogen-bond acceptors (Lipinski definition) is 9. The van der Waals surface area contributed by atoms with Gasteiger partial charge in [0.05, 0.1) is 27.9 Å². The third-order valence-electron chi connectivity index (χ3n) is 7.01. The monoisotopic (exact) mass is 629 g/mol. The molecular formula is C29H31N3O9S2. The average molecular weight is 630 g/mol. The number of fused-ring (bicyclic) bond motifs is 1. The first-order valence-corrected chi connectivity index (χ1v) is 16.4. The van der Waals surface area contributed by atoms with Gasteiger partial charge in [0.1, 0.15) is 5.76 Å². The van der Waals surface area contributed by atoms with Gasteiger partial charge in [0.25, 0.3) is 25.9 Å². The first kappa shape index (κ1) is 31.8. The fourth-order valence-electron chi connectivity index (χ4n) is 4.53. The van der Waals surface area contributed by atoms with Gasteiger partial charge in [-0.15, -0.1) is 0 Å². The predicted molar refractivity (Wildman–Crippen MR) is 166 cm³/mol. The van der Waals surface area contributed by atoms with Gasteiger partial charge in [0.15, 0.2) is 0 Å². The molecule has 43 heavy (non-hydrogen) atoms. The van der Waals surface area contributed by atoms with Crippen LogP contribution in [0.15, 0.2) is 88.0 Å². The molecule has 0 spiro atoms. The van der Waals surface area contributed by atoms with Crippen LogP contribution < -0.4 is 4.90 Å². The smallest absolute Gasteiger partial charge is 0.270 e. The lowest BCUT2D eigenvalue weighted by Crippen LogP contribution is -2.21. The molecule has 1 unspecified atom stereocenters. The molecule has 2 N–H and O–H groups in total. The molecule has 0 bridgehead atoms. The largest absolute Gasteiger partial charge is 0.463 e. The van der Waals surface area contributed by atoms with Gasteiger partial charge in [-0.2, -0.15) is 16.8 Å². The summed E-state index contributed by atoms with van der Waals surface area (Å²) in [5.74, 6) is 0.171. The number of allylic oxidation sites excluding steroid dienone is 5. The van der Waals surface area contributed by atoms with E-state index >= 15 is 0 Å². The molecule has 4 rings (SSSR count). The van der Waals surface area contributed by atoms with E-state index in [1.807, 2.05) is 48.4 Å². The zero-order chi connectivity index (χ0) is 31.4.